The average Bonchev–Trinajstić information content (AvgIpc) is 2.48. The molecular formula is C18H23O3P. The average molecular weight is 318 g/mol. The van der Waals surface area contributed by atoms with Crippen LogP contribution in [0.1, 0.15) is 30.5 Å². The molecule has 0 aliphatic carbocycles. The number of rotatable bonds is 5. The summed E-state index contributed by atoms with van der Waals surface area (Å²) in [7, 11) is -1.63. The molecule has 1 atom stereocenters. The SMILES string of the molecule is COP(C)(=O)Oc1ccc(C(C)(C)c2ccc(C)cc2)cc1. The number of hydrogen-bond acceptors (Lipinski definition) is 3. The van der Waals surface area contributed by atoms with Crippen molar-refractivity contribution < 1.29 is 13.6 Å². The zero-order valence-electron chi connectivity index (χ0n) is 13.8. The lowest BCUT2D eigenvalue weighted by Crippen LogP contribution is -2.18. The van der Waals surface area contributed by atoms with E-state index in [2.05, 4.69) is 45.0 Å². The maximum Gasteiger partial charge on any atom is 0.375 e. The first kappa shape index (κ1) is 16.8. The molecule has 3 nitrogen and oxygen atoms in total. The molecule has 2 aromatic carbocycles. The van der Waals surface area contributed by atoms with Crippen molar-refractivity contribution in [1.82, 2.24) is 0 Å². The first-order valence-corrected chi connectivity index (χ1v) is 9.24. The quantitative estimate of drug-likeness (QED) is 0.714. The van der Waals surface area contributed by atoms with Crippen molar-refractivity contribution in [3.05, 3.63) is 65.2 Å². The largest absolute Gasteiger partial charge is 0.425 e. The molecule has 0 amide bonds. The summed E-state index contributed by atoms with van der Waals surface area (Å²) in [5.74, 6) is 0.552. The van der Waals surface area contributed by atoms with E-state index >= 15 is 0 Å². The fraction of sp³-hybridized carbons (Fsp3) is 0.333. The third kappa shape index (κ3) is 3.79. The van der Waals surface area contributed by atoms with Crippen LogP contribution in [0.15, 0.2) is 48.5 Å². The van der Waals surface area contributed by atoms with Gasteiger partial charge in [0.25, 0.3) is 0 Å². The Hall–Kier alpha value is -1.57. The highest BCUT2D eigenvalue weighted by Crippen LogP contribution is 2.43. The van der Waals surface area contributed by atoms with Gasteiger partial charge < -0.3 is 9.05 Å². The van der Waals surface area contributed by atoms with Crippen LogP contribution in [0.25, 0.3) is 0 Å². The van der Waals surface area contributed by atoms with Crippen LogP contribution in [0, 0.1) is 6.92 Å². The standard InChI is InChI=1S/C18H23O3P/c1-14-6-8-15(9-7-14)18(2,3)16-10-12-17(13-11-16)21-22(5,19)20-4/h6-13H,1-5H3. The van der Waals surface area contributed by atoms with Gasteiger partial charge >= 0.3 is 7.60 Å². The lowest BCUT2D eigenvalue weighted by molar-refractivity contribution is 0.328. The highest BCUT2D eigenvalue weighted by molar-refractivity contribution is 7.53. The van der Waals surface area contributed by atoms with Crippen molar-refractivity contribution >= 4 is 7.60 Å². The molecule has 0 aromatic heterocycles. The summed E-state index contributed by atoms with van der Waals surface area (Å²) < 4.78 is 22.1. The van der Waals surface area contributed by atoms with Crippen LogP contribution in [-0.4, -0.2) is 13.8 Å². The van der Waals surface area contributed by atoms with Crippen molar-refractivity contribution in [1.29, 1.82) is 0 Å². The minimum atomic E-state index is -3.01. The number of aryl methyl sites for hydroxylation is 1. The van der Waals surface area contributed by atoms with Gasteiger partial charge in [-0.15, -0.1) is 0 Å². The topological polar surface area (TPSA) is 35.5 Å². The Kier molecular flexibility index (Phi) is 4.79. The molecule has 2 aromatic rings. The van der Waals surface area contributed by atoms with Gasteiger partial charge in [0, 0.05) is 19.2 Å². The maximum atomic E-state index is 11.8. The van der Waals surface area contributed by atoms with E-state index < -0.39 is 7.60 Å². The van der Waals surface area contributed by atoms with Gasteiger partial charge in [-0.2, -0.15) is 0 Å². The Morgan fingerprint density at radius 1 is 0.909 bits per heavy atom. The van der Waals surface area contributed by atoms with Gasteiger partial charge in [-0.25, -0.2) is 4.57 Å². The maximum absolute atomic E-state index is 11.8. The van der Waals surface area contributed by atoms with Gasteiger partial charge in [0.2, 0.25) is 0 Å². The van der Waals surface area contributed by atoms with Crippen LogP contribution in [-0.2, 0) is 14.5 Å². The minimum Gasteiger partial charge on any atom is -0.425 e. The molecular weight excluding hydrogens is 295 g/mol. The smallest absolute Gasteiger partial charge is 0.375 e. The molecule has 0 fully saturated rings. The lowest BCUT2D eigenvalue weighted by Gasteiger charge is -2.26. The molecule has 0 spiro atoms. The molecule has 118 valence electrons. The monoisotopic (exact) mass is 318 g/mol. The molecule has 4 heteroatoms. The second-order valence-electron chi connectivity index (χ2n) is 6.06. The summed E-state index contributed by atoms with van der Waals surface area (Å²) in [5, 5.41) is 0. The van der Waals surface area contributed by atoms with E-state index in [1.807, 2.05) is 24.3 Å². The van der Waals surface area contributed by atoms with E-state index in [1.165, 1.54) is 30.5 Å². The minimum absolute atomic E-state index is 0.108. The molecule has 0 aliphatic heterocycles. The highest BCUT2D eigenvalue weighted by atomic mass is 31.2. The lowest BCUT2D eigenvalue weighted by atomic mass is 9.78. The van der Waals surface area contributed by atoms with Crippen molar-refractivity contribution in [2.75, 3.05) is 13.8 Å². The predicted octanol–water partition coefficient (Wildman–Crippen LogP) is 5.17. The summed E-state index contributed by atoms with van der Waals surface area (Å²) in [6.45, 7) is 7.92. The van der Waals surface area contributed by atoms with Crippen LogP contribution in [0.3, 0.4) is 0 Å². The first-order chi connectivity index (χ1) is 10.2. The normalized spacial score (nSPS) is 14.4. The van der Waals surface area contributed by atoms with E-state index in [1.54, 1.807) is 0 Å². The van der Waals surface area contributed by atoms with Crippen LogP contribution < -0.4 is 4.52 Å². The fourth-order valence-corrected chi connectivity index (χ4v) is 2.88. The molecule has 0 bridgehead atoms. The molecule has 22 heavy (non-hydrogen) atoms. The number of hydrogen-bond donors (Lipinski definition) is 0. The molecule has 1 unspecified atom stereocenters. The summed E-state index contributed by atoms with van der Waals surface area (Å²) in [5.41, 5.74) is 3.57. The Bertz CT molecular complexity index is 672. The fourth-order valence-electron chi connectivity index (χ4n) is 2.30. The van der Waals surface area contributed by atoms with Crippen LogP contribution >= 0.6 is 7.60 Å². The second kappa shape index (κ2) is 6.28. The van der Waals surface area contributed by atoms with Crippen molar-refractivity contribution in [3.63, 3.8) is 0 Å². The molecule has 0 saturated carbocycles. The first-order valence-electron chi connectivity index (χ1n) is 7.25. The summed E-state index contributed by atoms with van der Waals surface area (Å²) in [6, 6.07) is 16.2. The van der Waals surface area contributed by atoms with Crippen LogP contribution in [0.5, 0.6) is 5.75 Å². The number of benzene rings is 2. The third-order valence-electron chi connectivity index (χ3n) is 3.95. The van der Waals surface area contributed by atoms with Crippen molar-refractivity contribution in [3.8, 4) is 5.75 Å². The zero-order chi connectivity index (χ0) is 16.4. The van der Waals surface area contributed by atoms with E-state index in [-0.39, 0.29) is 5.41 Å². The van der Waals surface area contributed by atoms with Gasteiger partial charge in [-0.1, -0.05) is 55.8 Å². The highest BCUT2D eigenvalue weighted by Gasteiger charge is 2.23. The Balaban J connectivity index is 2.25. The van der Waals surface area contributed by atoms with Gasteiger partial charge in [0.05, 0.1) is 0 Å². The van der Waals surface area contributed by atoms with Crippen molar-refractivity contribution in [2.24, 2.45) is 0 Å². The predicted molar refractivity (Wildman–Crippen MR) is 90.9 cm³/mol. The zero-order valence-corrected chi connectivity index (χ0v) is 14.7. The van der Waals surface area contributed by atoms with E-state index in [0.717, 1.165) is 0 Å². The summed E-state index contributed by atoms with van der Waals surface area (Å²) in [4.78, 5) is 0. The van der Waals surface area contributed by atoms with Gasteiger partial charge in [0.15, 0.2) is 0 Å². The van der Waals surface area contributed by atoms with E-state index in [0.29, 0.717) is 5.75 Å². The molecule has 0 aliphatic rings. The molecule has 0 saturated heterocycles. The Morgan fingerprint density at radius 3 is 1.82 bits per heavy atom. The molecule has 0 radical (unpaired) electrons. The molecule has 0 N–H and O–H groups in total. The second-order valence-corrected chi connectivity index (χ2v) is 8.15. The van der Waals surface area contributed by atoms with Gasteiger partial charge in [0.1, 0.15) is 5.75 Å². The van der Waals surface area contributed by atoms with E-state index in [4.69, 9.17) is 9.05 Å². The summed E-state index contributed by atoms with van der Waals surface area (Å²) in [6.07, 6.45) is 0. The van der Waals surface area contributed by atoms with Crippen LogP contribution in [0.4, 0.5) is 0 Å². The Labute approximate surface area is 132 Å². The van der Waals surface area contributed by atoms with E-state index in [9.17, 15) is 4.57 Å². The Morgan fingerprint density at radius 2 is 1.36 bits per heavy atom. The third-order valence-corrected chi connectivity index (χ3v) is 5.16. The van der Waals surface area contributed by atoms with Crippen molar-refractivity contribution in [2.45, 2.75) is 26.2 Å². The van der Waals surface area contributed by atoms with Crippen LogP contribution in [0.2, 0.25) is 0 Å². The van der Waals surface area contributed by atoms with Gasteiger partial charge in [-0.3, -0.25) is 0 Å². The molecule has 2 rings (SSSR count). The van der Waals surface area contributed by atoms with Gasteiger partial charge in [-0.05, 0) is 30.2 Å². The summed E-state index contributed by atoms with van der Waals surface area (Å²) >= 11 is 0. The molecule has 0 heterocycles.